The van der Waals surface area contributed by atoms with Gasteiger partial charge in [0.05, 0.1) is 18.9 Å². The van der Waals surface area contributed by atoms with Gasteiger partial charge in [-0.1, -0.05) is 17.9 Å². The standard InChI is InChI=1S/C29H42N8O4/c1-22(37(4)26(38)13-10-18-36(2)3)28(39)32-15-9-7-8-12-23-21-33-29(35-27(23)31-16-11-19-40-5)34-24-14-17-30-25(20-24)41-6/h10,13-14,17,20-22H,7,9,11,15-16,18-19H2,1-6H3,(H,32,39)(H2,30,31,33,34,35). The number of pyridine rings is 1. The van der Waals surface area contributed by atoms with Crippen molar-refractivity contribution in [2.75, 3.05) is 72.2 Å². The van der Waals surface area contributed by atoms with Gasteiger partial charge in [0.15, 0.2) is 0 Å². The van der Waals surface area contributed by atoms with E-state index in [2.05, 4.69) is 42.7 Å². The van der Waals surface area contributed by atoms with E-state index in [-0.39, 0.29) is 11.8 Å². The molecule has 3 N–H and O–H groups in total. The van der Waals surface area contributed by atoms with Crippen molar-refractivity contribution in [1.82, 2.24) is 30.1 Å². The molecular formula is C29H42N8O4. The van der Waals surface area contributed by atoms with Crippen molar-refractivity contribution >= 4 is 29.3 Å². The zero-order chi connectivity index (χ0) is 30.0. The number of anilines is 3. The van der Waals surface area contributed by atoms with Gasteiger partial charge in [0.1, 0.15) is 11.9 Å². The van der Waals surface area contributed by atoms with E-state index in [1.807, 2.05) is 19.0 Å². The Labute approximate surface area is 242 Å². The maximum Gasteiger partial charge on any atom is 0.246 e. The van der Waals surface area contributed by atoms with Gasteiger partial charge in [0.2, 0.25) is 23.6 Å². The minimum atomic E-state index is -0.582. The molecule has 0 saturated carbocycles. The number of methoxy groups -OCH3 is 2. The van der Waals surface area contributed by atoms with Gasteiger partial charge in [0.25, 0.3) is 0 Å². The van der Waals surface area contributed by atoms with Crippen molar-refractivity contribution in [3.63, 3.8) is 0 Å². The first-order valence-corrected chi connectivity index (χ1v) is 13.5. The van der Waals surface area contributed by atoms with Crippen LogP contribution in [0.1, 0.15) is 31.7 Å². The summed E-state index contributed by atoms with van der Waals surface area (Å²) in [6.45, 7) is 4.10. The van der Waals surface area contributed by atoms with Crippen LogP contribution in [0.3, 0.4) is 0 Å². The predicted molar refractivity (Wildman–Crippen MR) is 160 cm³/mol. The number of unbranched alkanes of at least 4 members (excludes halogenated alkanes) is 1. The van der Waals surface area contributed by atoms with Gasteiger partial charge in [-0.25, -0.2) is 9.97 Å². The van der Waals surface area contributed by atoms with Gasteiger partial charge in [-0.05, 0) is 39.9 Å². The fraction of sp³-hybridized carbons (Fsp3) is 0.483. The molecule has 2 heterocycles. The average molecular weight is 567 g/mol. The summed E-state index contributed by atoms with van der Waals surface area (Å²) in [4.78, 5) is 41.2. The van der Waals surface area contributed by atoms with Crippen LogP contribution in [0.5, 0.6) is 5.88 Å². The molecule has 2 amide bonds. The highest BCUT2D eigenvalue weighted by molar-refractivity contribution is 5.92. The van der Waals surface area contributed by atoms with Crippen molar-refractivity contribution in [2.45, 2.75) is 32.2 Å². The van der Waals surface area contributed by atoms with Crippen molar-refractivity contribution < 1.29 is 19.1 Å². The summed E-state index contributed by atoms with van der Waals surface area (Å²) >= 11 is 0. The van der Waals surface area contributed by atoms with E-state index in [9.17, 15) is 9.59 Å². The lowest BCUT2D eigenvalue weighted by Crippen LogP contribution is -2.45. The SMILES string of the molecule is COCCCNc1nc(Nc2ccnc(OC)c2)ncc1C#CCCCNC(=O)C(C)N(C)C(=O)C=CCN(C)C. The molecule has 12 nitrogen and oxygen atoms in total. The summed E-state index contributed by atoms with van der Waals surface area (Å²) in [5.41, 5.74) is 1.41. The van der Waals surface area contributed by atoms with Gasteiger partial charge in [-0.2, -0.15) is 4.98 Å². The van der Waals surface area contributed by atoms with Crippen molar-refractivity contribution in [1.29, 1.82) is 0 Å². The van der Waals surface area contributed by atoms with Crippen LogP contribution in [-0.2, 0) is 14.3 Å². The lowest BCUT2D eigenvalue weighted by atomic mass is 10.2. The zero-order valence-corrected chi connectivity index (χ0v) is 24.9. The van der Waals surface area contributed by atoms with Crippen LogP contribution in [0.4, 0.5) is 17.5 Å². The Bertz CT molecular complexity index is 1210. The summed E-state index contributed by atoms with van der Waals surface area (Å²) in [6.07, 6.45) is 8.60. The molecular weight excluding hydrogens is 524 g/mol. The maximum atomic E-state index is 12.5. The number of hydrogen-bond acceptors (Lipinski definition) is 10. The Morgan fingerprint density at radius 3 is 2.68 bits per heavy atom. The number of carbonyl (C=O) groups excluding carboxylic acids is 2. The van der Waals surface area contributed by atoms with Gasteiger partial charge in [-0.15, -0.1) is 0 Å². The molecule has 0 aromatic carbocycles. The molecule has 0 aliphatic rings. The van der Waals surface area contributed by atoms with Crippen molar-refractivity contribution in [2.24, 2.45) is 0 Å². The van der Waals surface area contributed by atoms with Crippen LogP contribution < -0.4 is 20.7 Å². The number of hydrogen-bond donors (Lipinski definition) is 3. The smallest absolute Gasteiger partial charge is 0.246 e. The normalized spacial score (nSPS) is 11.5. The first-order valence-electron chi connectivity index (χ1n) is 13.5. The number of nitrogens with zero attached hydrogens (tertiary/aromatic N) is 5. The number of ether oxygens (including phenoxy) is 2. The van der Waals surface area contributed by atoms with E-state index in [0.717, 1.165) is 12.1 Å². The summed E-state index contributed by atoms with van der Waals surface area (Å²) in [6, 6.07) is 2.97. The van der Waals surface area contributed by atoms with Gasteiger partial charge < -0.3 is 35.2 Å². The fourth-order valence-corrected chi connectivity index (χ4v) is 3.36. The highest BCUT2D eigenvalue weighted by Crippen LogP contribution is 2.19. The molecule has 0 spiro atoms. The van der Waals surface area contributed by atoms with Gasteiger partial charge >= 0.3 is 0 Å². The van der Waals surface area contributed by atoms with E-state index in [1.165, 1.54) is 11.0 Å². The third-order valence-electron chi connectivity index (χ3n) is 5.85. The van der Waals surface area contributed by atoms with Crippen LogP contribution in [0.2, 0.25) is 0 Å². The molecule has 2 rings (SSSR count). The third-order valence-corrected chi connectivity index (χ3v) is 5.85. The largest absolute Gasteiger partial charge is 0.481 e. The van der Waals surface area contributed by atoms with Crippen LogP contribution in [-0.4, -0.2) is 104 Å². The van der Waals surface area contributed by atoms with Gasteiger partial charge in [-0.3, -0.25) is 9.59 Å². The van der Waals surface area contributed by atoms with E-state index in [1.54, 1.807) is 58.8 Å². The van der Waals surface area contributed by atoms with E-state index in [0.29, 0.717) is 62.3 Å². The molecule has 2 aromatic rings. The molecule has 1 atom stereocenters. The second-order valence-electron chi connectivity index (χ2n) is 9.43. The van der Waals surface area contributed by atoms with Crippen molar-refractivity contribution in [3.8, 4) is 17.7 Å². The highest BCUT2D eigenvalue weighted by Gasteiger charge is 2.20. The van der Waals surface area contributed by atoms with Crippen LogP contribution in [0.25, 0.3) is 0 Å². The van der Waals surface area contributed by atoms with Crippen LogP contribution in [0.15, 0.2) is 36.7 Å². The second kappa shape index (κ2) is 18.2. The molecule has 2 aromatic heterocycles. The number of rotatable bonds is 16. The number of carbonyl (C=O) groups is 2. The quantitative estimate of drug-likeness (QED) is 0.158. The molecule has 1 unspecified atom stereocenters. The molecule has 0 fully saturated rings. The van der Waals surface area contributed by atoms with E-state index in [4.69, 9.17) is 9.47 Å². The minimum Gasteiger partial charge on any atom is -0.481 e. The molecule has 222 valence electrons. The minimum absolute atomic E-state index is 0.208. The number of nitrogens with one attached hydrogen (secondary N) is 3. The van der Waals surface area contributed by atoms with Crippen LogP contribution in [0, 0.1) is 11.8 Å². The second-order valence-corrected chi connectivity index (χ2v) is 9.43. The molecule has 0 saturated heterocycles. The lowest BCUT2D eigenvalue weighted by Gasteiger charge is -2.23. The summed E-state index contributed by atoms with van der Waals surface area (Å²) < 4.78 is 10.3. The molecule has 0 aliphatic heterocycles. The summed E-state index contributed by atoms with van der Waals surface area (Å²) in [7, 11) is 8.68. The maximum absolute atomic E-state index is 12.5. The Kier molecular flexibility index (Phi) is 14.6. The molecule has 0 bridgehead atoms. The first-order chi connectivity index (χ1) is 19.7. The van der Waals surface area contributed by atoms with Crippen molar-refractivity contribution in [3.05, 3.63) is 42.2 Å². The lowest BCUT2D eigenvalue weighted by molar-refractivity contribution is -0.135. The Morgan fingerprint density at radius 1 is 1.15 bits per heavy atom. The molecule has 41 heavy (non-hydrogen) atoms. The summed E-state index contributed by atoms with van der Waals surface area (Å²) in [5, 5.41) is 9.34. The monoisotopic (exact) mass is 566 g/mol. The van der Waals surface area contributed by atoms with E-state index < -0.39 is 6.04 Å². The Hall–Kier alpha value is -4.21. The molecule has 0 radical (unpaired) electrons. The number of aromatic nitrogens is 3. The number of amides is 2. The number of likely N-dealkylation sites (N-methyl/N-ethyl adjacent to an activating group) is 2. The Morgan fingerprint density at radius 2 is 1.95 bits per heavy atom. The molecule has 12 heteroatoms. The zero-order valence-electron chi connectivity index (χ0n) is 24.9. The topological polar surface area (TPSA) is 134 Å². The van der Waals surface area contributed by atoms with Crippen LogP contribution >= 0.6 is 0 Å². The van der Waals surface area contributed by atoms with E-state index >= 15 is 0 Å². The fourth-order valence-electron chi connectivity index (χ4n) is 3.36. The third kappa shape index (κ3) is 12.2. The first kappa shape index (κ1) is 33.0. The highest BCUT2D eigenvalue weighted by atomic mass is 16.5. The summed E-state index contributed by atoms with van der Waals surface area (Å²) in [5.74, 6) is 7.35. The predicted octanol–water partition coefficient (Wildman–Crippen LogP) is 2.28. The average Bonchev–Trinajstić information content (AvgIpc) is 2.96. The molecule has 0 aliphatic carbocycles. The Balaban J connectivity index is 1.92. The van der Waals surface area contributed by atoms with Gasteiger partial charge in [0, 0.05) is 70.8 Å².